The van der Waals surface area contributed by atoms with Crippen molar-refractivity contribution in [3.8, 4) is 0 Å². The minimum absolute atomic E-state index is 0.0219. The highest BCUT2D eigenvalue weighted by Crippen LogP contribution is 2.51. The van der Waals surface area contributed by atoms with Gasteiger partial charge in [0.1, 0.15) is 6.54 Å². The van der Waals surface area contributed by atoms with Gasteiger partial charge in [-0.2, -0.15) is 39.5 Å². The van der Waals surface area contributed by atoms with Crippen LogP contribution in [0.25, 0.3) is 22.4 Å². The van der Waals surface area contributed by atoms with E-state index in [0.717, 1.165) is 63.2 Å². The monoisotopic (exact) mass is 1340 g/mol. The summed E-state index contributed by atoms with van der Waals surface area (Å²) in [6, 6.07) is 27.3. The van der Waals surface area contributed by atoms with E-state index in [0.29, 0.717) is 33.4 Å². The number of hydrogen-bond donors (Lipinski definition) is 8. The number of nitrogens with one attached hydrogen (secondary N) is 7. The lowest BCUT2D eigenvalue weighted by molar-refractivity contribution is -0.138. The van der Waals surface area contributed by atoms with Gasteiger partial charge in [-0.15, -0.1) is 0 Å². The predicted molar refractivity (Wildman–Crippen MR) is 345 cm³/mol. The fourth-order valence-corrected chi connectivity index (χ4v) is 12.0. The molecule has 0 unspecified atom stereocenters. The molecule has 0 aliphatic carbocycles. The number of halogens is 9. The fourth-order valence-electron chi connectivity index (χ4n) is 12.0. The lowest BCUT2D eigenvalue weighted by Gasteiger charge is -2.22. The van der Waals surface area contributed by atoms with Crippen molar-refractivity contribution < 1.29 is 73.1 Å². The molecule has 7 aromatic rings. The molecule has 0 radical (unpaired) electrons. The Morgan fingerprint density at radius 2 is 0.887 bits per heavy atom. The van der Waals surface area contributed by atoms with Crippen LogP contribution >= 0.6 is 0 Å². The van der Waals surface area contributed by atoms with Crippen LogP contribution in [0.4, 0.5) is 78.4 Å². The van der Waals surface area contributed by atoms with Gasteiger partial charge in [-0.3, -0.25) is 65.2 Å². The van der Waals surface area contributed by atoms with Gasteiger partial charge in [0.15, 0.2) is 0 Å². The van der Waals surface area contributed by atoms with Crippen molar-refractivity contribution in [2.45, 2.75) is 93.2 Å². The number of benzene rings is 7. The molecule has 0 aromatic heterocycles. The van der Waals surface area contributed by atoms with Crippen molar-refractivity contribution in [2.75, 3.05) is 21.2 Å². The summed E-state index contributed by atoms with van der Waals surface area (Å²) >= 11 is 0. The van der Waals surface area contributed by atoms with Crippen molar-refractivity contribution in [3.63, 3.8) is 0 Å². The van der Waals surface area contributed by atoms with E-state index in [2.05, 4.69) is 37.9 Å². The predicted octanol–water partition coefficient (Wildman–Crippen LogP) is 12.5. The first kappa shape index (κ1) is 68.5. The molecular formula is C70H62F9N11O7. The van der Waals surface area contributed by atoms with Crippen molar-refractivity contribution in [3.05, 3.63) is 222 Å². The van der Waals surface area contributed by atoms with Gasteiger partial charge in [0.25, 0.3) is 23.6 Å². The third-order valence-corrected chi connectivity index (χ3v) is 16.1. The number of carbonyl (C=O) groups excluding carboxylic acids is 7. The van der Waals surface area contributed by atoms with Gasteiger partial charge >= 0.3 is 24.6 Å². The van der Waals surface area contributed by atoms with E-state index in [9.17, 15) is 55.1 Å². The highest BCUT2D eigenvalue weighted by Gasteiger charge is 2.44. The number of fused-ring (bicyclic) bond motifs is 3. The summed E-state index contributed by atoms with van der Waals surface area (Å²) in [6.07, 6.45) is -14.9. The van der Waals surface area contributed by atoms with Crippen LogP contribution in [0.5, 0.6) is 0 Å². The zero-order valence-electron chi connectivity index (χ0n) is 53.1. The van der Waals surface area contributed by atoms with Gasteiger partial charge < -0.3 is 21.9 Å². The highest BCUT2D eigenvalue weighted by molar-refractivity contribution is 6.40. The molecule has 3 heterocycles. The Hall–Kier alpha value is -11.4. The van der Waals surface area contributed by atoms with E-state index in [-0.39, 0.29) is 121 Å². The molecule has 9 N–H and O–H groups in total. The topological polar surface area (TPSA) is 239 Å². The summed E-state index contributed by atoms with van der Waals surface area (Å²) in [5.41, 5.74) is 21.1. The Labute approximate surface area is 549 Å². The fraction of sp³-hybridized carbons (Fsp3) is 0.214. The van der Waals surface area contributed by atoms with E-state index >= 15 is 18.0 Å². The quantitative estimate of drug-likeness (QED) is 0.0244. The molecule has 97 heavy (non-hydrogen) atoms. The molecular weight excluding hydrogens is 1280 g/mol. The number of hydrogen-bond acceptors (Lipinski definition) is 10. The standard InChI is InChI=1S/C70H62F9N11O7/c1-9-57(92)85-83-38(6)59-52-16-14-46(68(71,72)73)30-54(52)89(64(59)94)50-23-37(5)20-43(28-50)26-45-29-48(70(77,78)79)32-56-61(45)60(39(7)82-84-40(8)91)65(95)90(56)51-24-36(4)19-42(27-51)25-41-10-12-44(13-11-41)63(87-86-58(93)33-81-67(80)97)62-53-17-15-47(69(74,75)76)31-55(53)88(66(62)96)49-21-34(2)18-35(3)22-49/h10-24,27-32,82-83,87H,9,25-26,33H2,1-8H3,(H,84,91)(H,85,92)(H,86,93)(H3,80,81,97)/b59-38-,60-39-,63-62-. The average molecular weight is 1340 g/mol. The Bertz CT molecular complexity index is 4550. The Morgan fingerprint density at radius 1 is 0.443 bits per heavy atom. The van der Waals surface area contributed by atoms with Crippen molar-refractivity contribution in [1.82, 2.24) is 37.9 Å². The minimum atomic E-state index is -5.02. The summed E-state index contributed by atoms with van der Waals surface area (Å²) in [4.78, 5) is 97.2. The minimum Gasteiger partial charge on any atom is -0.352 e. The van der Waals surface area contributed by atoms with E-state index in [1.807, 2.05) is 6.07 Å². The Morgan fingerprint density at radius 3 is 1.40 bits per heavy atom. The van der Waals surface area contributed by atoms with E-state index in [4.69, 9.17) is 5.73 Å². The number of alkyl halides is 9. The summed E-state index contributed by atoms with van der Waals surface area (Å²) in [6.45, 7) is 11.9. The molecule has 8 amide bonds. The average Bonchev–Trinajstić information content (AvgIpc) is 1.60. The Kier molecular flexibility index (Phi) is 18.7. The van der Waals surface area contributed by atoms with Crippen LogP contribution in [0.15, 0.2) is 139 Å². The van der Waals surface area contributed by atoms with Crippen molar-refractivity contribution in [1.29, 1.82) is 0 Å². The summed E-state index contributed by atoms with van der Waals surface area (Å²) in [5.74, 6) is -4.22. The first-order valence-corrected chi connectivity index (χ1v) is 30.0. The number of rotatable bonds is 17. The maximum atomic E-state index is 15.4. The lowest BCUT2D eigenvalue weighted by Crippen LogP contribution is -2.44. The number of hydrazine groups is 3. The highest BCUT2D eigenvalue weighted by atomic mass is 19.4. The second-order valence-electron chi connectivity index (χ2n) is 23.6. The maximum absolute atomic E-state index is 15.4. The van der Waals surface area contributed by atoms with E-state index in [1.165, 1.54) is 32.9 Å². The zero-order valence-corrected chi connectivity index (χ0v) is 53.1. The Balaban J connectivity index is 1.05. The summed E-state index contributed by atoms with van der Waals surface area (Å²) in [7, 11) is 0. The maximum Gasteiger partial charge on any atom is 0.416 e. The lowest BCUT2D eigenvalue weighted by atomic mass is 9.91. The van der Waals surface area contributed by atoms with Gasteiger partial charge in [-0.05, 0) is 172 Å². The molecule has 7 aromatic carbocycles. The molecule has 0 saturated heterocycles. The molecule has 27 heteroatoms. The van der Waals surface area contributed by atoms with Crippen LogP contribution in [-0.2, 0) is 60.1 Å². The summed E-state index contributed by atoms with van der Waals surface area (Å²) in [5, 5.41) is 2.15. The number of nitrogens with two attached hydrogens (primary N) is 1. The van der Waals surface area contributed by atoms with Crippen LogP contribution in [-0.4, -0.2) is 48.0 Å². The second kappa shape index (κ2) is 26.4. The molecule has 0 saturated carbocycles. The molecule has 0 fully saturated rings. The number of urea groups is 1. The second-order valence-corrected chi connectivity index (χ2v) is 23.6. The van der Waals surface area contributed by atoms with Gasteiger partial charge in [0, 0.05) is 64.1 Å². The van der Waals surface area contributed by atoms with Crippen LogP contribution in [0.1, 0.15) is 118 Å². The van der Waals surface area contributed by atoms with Crippen molar-refractivity contribution >= 4 is 98.0 Å². The number of amides is 8. The van der Waals surface area contributed by atoms with Crippen LogP contribution < -0.4 is 58.3 Å². The largest absolute Gasteiger partial charge is 0.416 e. The third kappa shape index (κ3) is 14.4. The van der Waals surface area contributed by atoms with Gasteiger partial charge in [0.2, 0.25) is 11.8 Å². The van der Waals surface area contributed by atoms with Gasteiger partial charge in [-0.1, -0.05) is 61.5 Å². The molecule has 3 aliphatic rings. The number of nitrogens with zero attached hydrogens (tertiary/aromatic N) is 3. The smallest absolute Gasteiger partial charge is 0.352 e. The molecule has 0 spiro atoms. The molecule has 0 bridgehead atoms. The number of aryl methyl sites for hydroxylation is 4. The number of allylic oxidation sites excluding steroid dienone is 2. The molecule has 10 rings (SSSR count). The van der Waals surface area contributed by atoms with Crippen molar-refractivity contribution in [2.24, 2.45) is 5.73 Å². The zero-order chi connectivity index (χ0) is 70.5. The third-order valence-electron chi connectivity index (χ3n) is 16.1. The van der Waals surface area contributed by atoms with Crippen LogP contribution in [0.3, 0.4) is 0 Å². The first-order valence-electron chi connectivity index (χ1n) is 30.0. The summed E-state index contributed by atoms with van der Waals surface area (Å²) < 4.78 is 132. The normalized spacial score (nSPS) is 15.2. The molecule has 18 nitrogen and oxygen atoms in total. The van der Waals surface area contributed by atoms with Crippen LogP contribution in [0, 0.1) is 27.7 Å². The molecule has 3 aliphatic heterocycles. The molecule has 502 valence electrons. The first-order chi connectivity index (χ1) is 45.6. The van der Waals surface area contributed by atoms with E-state index < -0.39 is 83.2 Å². The SMILES string of the molecule is CCC(=O)NN/C(C)=C1\C(=O)N(c2cc(C)cc(Cc3cc(C(F)(F)F)cc4c3/C(=C(\C)NNC(C)=O)C(=O)N4c3cc(C)cc(Cc4ccc(/C(NNC(=O)CNC(N)=O)=C5/C(=O)N(c6cc(C)cc(C)c6)c6cc(C(F)(F)F)ccc65)cc4)c3)c2)c2cc(C(F)(F)F)ccc21. The molecule has 0 atom stereocenters. The van der Waals surface area contributed by atoms with E-state index in [1.54, 1.807) is 95.3 Å². The number of anilines is 6. The number of primary amides is 1. The number of carbonyl (C=O) groups is 7. The van der Waals surface area contributed by atoms with Gasteiger partial charge in [-0.25, -0.2) is 4.79 Å². The van der Waals surface area contributed by atoms with Gasteiger partial charge in [0.05, 0.1) is 56.2 Å². The van der Waals surface area contributed by atoms with Crippen LogP contribution in [0.2, 0.25) is 0 Å².